The summed E-state index contributed by atoms with van der Waals surface area (Å²) in [6.45, 7) is 2.63. The van der Waals surface area contributed by atoms with Crippen LogP contribution in [0.25, 0.3) is 0 Å². The van der Waals surface area contributed by atoms with Crippen LogP contribution in [-0.2, 0) is 11.2 Å². The van der Waals surface area contributed by atoms with Crippen LogP contribution >= 0.6 is 15.9 Å². The van der Waals surface area contributed by atoms with E-state index in [1.54, 1.807) is 4.90 Å². The van der Waals surface area contributed by atoms with Crippen LogP contribution in [0.4, 0.5) is 5.69 Å². The highest BCUT2D eigenvalue weighted by Gasteiger charge is 2.35. The maximum atomic E-state index is 12.5. The van der Waals surface area contributed by atoms with E-state index in [1.165, 1.54) is 0 Å². The molecule has 1 aliphatic heterocycles. The molecule has 0 N–H and O–H groups in total. The molecule has 0 aromatic heterocycles. The molecule has 1 aliphatic rings. The predicted octanol–water partition coefficient (Wildman–Crippen LogP) is 4.15. The fourth-order valence-electron chi connectivity index (χ4n) is 2.92. The smallest absolute Gasteiger partial charge is 0.234 e. The first-order valence-electron chi connectivity index (χ1n) is 7.39. The number of halogens is 1. The van der Waals surface area contributed by atoms with Gasteiger partial charge in [0.2, 0.25) is 5.91 Å². The van der Waals surface area contributed by atoms with Gasteiger partial charge in [-0.3, -0.25) is 4.79 Å². The van der Waals surface area contributed by atoms with Gasteiger partial charge in [0, 0.05) is 17.2 Å². The topological polar surface area (TPSA) is 29.5 Å². The van der Waals surface area contributed by atoms with Gasteiger partial charge in [-0.05, 0) is 54.8 Å². The lowest BCUT2D eigenvalue weighted by molar-refractivity contribution is -0.119. The van der Waals surface area contributed by atoms with Crippen LogP contribution in [0.2, 0.25) is 0 Å². The number of hydrogen-bond acceptors (Lipinski definition) is 2. The number of amides is 1. The van der Waals surface area contributed by atoms with E-state index in [-0.39, 0.29) is 11.8 Å². The Morgan fingerprint density at radius 1 is 1.18 bits per heavy atom. The minimum Gasteiger partial charge on any atom is -0.494 e. The minimum absolute atomic E-state index is 0.115. The fraction of sp³-hybridized carbons (Fsp3) is 0.278. The summed E-state index contributed by atoms with van der Waals surface area (Å²) in [4.78, 5) is 14.3. The molecule has 0 saturated heterocycles. The fourth-order valence-corrected chi connectivity index (χ4v) is 3.30. The molecule has 0 radical (unpaired) electrons. The Kier molecular flexibility index (Phi) is 4.21. The van der Waals surface area contributed by atoms with Gasteiger partial charge >= 0.3 is 0 Å². The molecule has 0 bridgehead atoms. The third kappa shape index (κ3) is 2.75. The van der Waals surface area contributed by atoms with Crippen molar-refractivity contribution in [2.75, 3.05) is 18.6 Å². The van der Waals surface area contributed by atoms with Gasteiger partial charge in [0.1, 0.15) is 5.75 Å². The number of carbonyl (C=O) groups excluding carboxylic acids is 1. The zero-order valence-corrected chi connectivity index (χ0v) is 14.3. The van der Waals surface area contributed by atoms with Crippen LogP contribution in [0.5, 0.6) is 5.75 Å². The summed E-state index contributed by atoms with van der Waals surface area (Å²) in [5, 5.41) is 0. The molecular formula is C18H18BrNO2. The van der Waals surface area contributed by atoms with Crippen molar-refractivity contribution in [2.24, 2.45) is 0 Å². The van der Waals surface area contributed by atoms with E-state index < -0.39 is 0 Å². The van der Waals surface area contributed by atoms with Crippen LogP contribution < -0.4 is 9.64 Å². The third-order valence-electron chi connectivity index (χ3n) is 4.03. The average molecular weight is 360 g/mol. The molecule has 2 aromatic rings. The highest BCUT2D eigenvalue weighted by Crippen LogP contribution is 2.39. The van der Waals surface area contributed by atoms with E-state index in [1.807, 2.05) is 50.4 Å². The quantitative estimate of drug-likeness (QED) is 0.820. The number of carbonyl (C=O) groups is 1. The van der Waals surface area contributed by atoms with Crippen LogP contribution in [0.3, 0.4) is 0 Å². The molecule has 1 heterocycles. The molecule has 0 unspecified atom stereocenters. The number of ether oxygens (including phenoxy) is 1. The first-order chi connectivity index (χ1) is 10.6. The normalized spacial score (nSPS) is 16.8. The summed E-state index contributed by atoms with van der Waals surface area (Å²) < 4.78 is 6.47. The molecule has 0 saturated carbocycles. The number of nitrogens with zero attached hydrogens (tertiary/aromatic N) is 1. The van der Waals surface area contributed by atoms with Gasteiger partial charge in [0.05, 0.1) is 12.5 Å². The Bertz CT molecular complexity index is 697. The lowest BCUT2D eigenvalue weighted by atomic mass is 9.93. The lowest BCUT2D eigenvalue weighted by Crippen LogP contribution is -2.24. The molecule has 0 spiro atoms. The summed E-state index contributed by atoms with van der Waals surface area (Å²) in [5.74, 6) is 0.904. The maximum Gasteiger partial charge on any atom is 0.234 e. The van der Waals surface area contributed by atoms with Gasteiger partial charge in [-0.25, -0.2) is 0 Å². The van der Waals surface area contributed by atoms with Crippen LogP contribution in [-0.4, -0.2) is 19.6 Å². The highest BCUT2D eigenvalue weighted by atomic mass is 79.9. The molecule has 22 heavy (non-hydrogen) atoms. The maximum absolute atomic E-state index is 12.5. The number of anilines is 1. The van der Waals surface area contributed by atoms with Crippen LogP contribution in [0.15, 0.2) is 46.9 Å². The molecule has 3 nitrogen and oxygen atoms in total. The summed E-state index contributed by atoms with van der Waals surface area (Å²) in [7, 11) is 1.84. The molecule has 1 amide bonds. The number of fused-ring (bicyclic) bond motifs is 1. The van der Waals surface area contributed by atoms with Gasteiger partial charge in [-0.15, -0.1) is 0 Å². The first kappa shape index (κ1) is 15.1. The number of benzene rings is 2. The summed E-state index contributed by atoms with van der Waals surface area (Å²) in [5.41, 5.74) is 3.24. The van der Waals surface area contributed by atoms with E-state index in [0.717, 1.165) is 27.0 Å². The van der Waals surface area contributed by atoms with Gasteiger partial charge in [0.15, 0.2) is 0 Å². The standard InChI is InChI=1S/C18H18BrNO2/c1-3-22-14-7-4-12(5-8-14)10-16-15-11-13(19)6-9-17(15)20(2)18(16)21/h4-9,11,16H,3,10H2,1-2H3/t16-/m1/s1. The molecule has 0 aliphatic carbocycles. The predicted molar refractivity (Wildman–Crippen MR) is 91.6 cm³/mol. The van der Waals surface area contributed by atoms with Gasteiger partial charge in [-0.2, -0.15) is 0 Å². The average Bonchev–Trinajstić information content (AvgIpc) is 2.74. The van der Waals surface area contributed by atoms with Crippen molar-refractivity contribution in [1.29, 1.82) is 0 Å². The summed E-state index contributed by atoms with van der Waals surface area (Å²) in [6.07, 6.45) is 0.707. The second-order valence-corrected chi connectivity index (χ2v) is 6.35. The largest absolute Gasteiger partial charge is 0.494 e. The Morgan fingerprint density at radius 3 is 2.59 bits per heavy atom. The second-order valence-electron chi connectivity index (χ2n) is 5.43. The Morgan fingerprint density at radius 2 is 1.91 bits per heavy atom. The lowest BCUT2D eigenvalue weighted by Gasteiger charge is -2.11. The van der Waals surface area contributed by atoms with Crippen molar-refractivity contribution in [3.63, 3.8) is 0 Å². The molecule has 3 rings (SSSR count). The van der Waals surface area contributed by atoms with E-state index >= 15 is 0 Å². The van der Waals surface area contributed by atoms with E-state index in [0.29, 0.717) is 13.0 Å². The van der Waals surface area contributed by atoms with Crippen molar-refractivity contribution >= 4 is 27.5 Å². The van der Waals surface area contributed by atoms with Crippen LogP contribution in [0, 0.1) is 0 Å². The Labute approximate surface area is 139 Å². The zero-order chi connectivity index (χ0) is 15.7. The zero-order valence-electron chi connectivity index (χ0n) is 12.7. The summed E-state index contributed by atoms with van der Waals surface area (Å²) >= 11 is 3.50. The Hall–Kier alpha value is -1.81. The third-order valence-corrected chi connectivity index (χ3v) is 4.52. The molecule has 2 aromatic carbocycles. The molecule has 4 heteroatoms. The van der Waals surface area contributed by atoms with Crippen LogP contribution in [0.1, 0.15) is 24.0 Å². The Balaban J connectivity index is 1.86. The minimum atomic E-state index is -0.115. The van der Waals surface area contributed by atoms with Crippen molar-refractivity contribution in [1.82, 2.24) is 0 Å². The monoisotopic (exact) mass is 359 g/mol. The number of rotatable bonds is 4. The van der Waals surface area contributed by atoms with Gasteiger partial charge in [-0.1, -0.05) is 28.1 Å². The highest BCUT2D eigenvalue weighted by molar-refractivity contribution is 9.10. The number of hydrogen-bond donors (Lipinski definition) is 0. The SMILES string of the molecule is CCOc1ccc(C[C@H]2C(=O)N(C)c3ccc(Br)cc32)cc1. The second kappa shape index (κ2) is 6.13. The number of likely N-dealkylation sites (N-methyl/N-ethyl adjacent to an activating group) is 1. The molecule has 1 atom stereocenters. The van der Waals surface area contributed by atoms with Crippen molar-refractivity contribution in [2.45, 2.75) is 19.3 Å². The molecule has 114 valence electrons. The van der Waals surface area contributed by atoms with Crippen molar-refractivity contribution < 1.29 is 9.53 Å². The van der Waals surface area contributed by atoms with Gasteiger partial charge in [0.25, 0.3) is 0 Å². The van der Waals surface area contributed by atoms with E-state index in [4.69, 9.17) is 4.74 Å². The molecular weight excluding hydrogens is 342 g/mol. The summed E-state index contributed by atoms with van der Waals surface area (Å²) in [6, 6.07) is 14.0. The van der Waals surface area contributed by atoms with E-state index in [2.05, 4.69) is 22.0 Å². The van der Waals surface area contributed by atoms with Crippen molar-refractivity contribution in [3.8, 4) is 5.75 Å². The van der Waals surface area contributed by atoms with E-state index in [9.17, 15) is 4.79 Å². The molecule has 0 fully saturated rings. The first-order valence-corrected chi connectivity index (χ1v) is 8.18. The van der Waals surface area contributed by atoms with Gasteiger partial charge < -0.3 is 9.64 Å². The van der Waals surface area contributed by atoms with Crippen molar-refractivity contribution in [3.05, 3.63) is 58.1 Å².